The molecule has 2 aromatic rings. The Morgan fingerprint density at radius 1 is 1.16 bits per heavy atom. The third kappa shape index (κ3) is 6.92. The normalized spacial score (nSPS) is 10.5. The molecular weight excluding hydrogens is 400 g/mol. The predicted molar refractivity (Wildman–Crippen MR) is 112 cm³/mol. The number of ether oxygens (including phenoxy) is 2. The first-order chi connectivity index (χ1) is 15.0. The molecule has 1 amide bonds. The van der Waals surface area contributed by atoms with Crippen molar-refractivity contribution in [2.24, 2.45) is 5.11 Å². The summed E-state index contributed by atoms with van der Waals surface area (Å²) in [4.78, 5) is 39.4. The van der Waals surface area contributed by atoms with Crippen LogP contribution in [0.3, 0.4) is 0 Å². The molecular formula is C22H20N4O5. The van der Waals surface area contributed by atoms with Gasteiger partial charge >= 0.3 is 11.9 Å². The SMILES string of the molecule is CCOC(=O)CNC(=O)C(OC(=O)C#Cc1ccccc1)c1cccc(C)c1N=[N+]=[N-]. The lowest BCUT2D eigenvalue weighted by Gasteiger charge is -2.19. The summed E-state index contributed by atoms with van der Waals surface area (Å²) in [6, 6.07) is 13.5. The highest BCUT2D eigenvalue weighted by Gasteiger charge is 2.28. The summed E-state index contributed by atoms with van der Waals surface area (Å²) < 4.78 is 10.1. The van der Waals surface area contributed by atoms with Gasteiger partial charge in [-0.2, -0.15) is 0 Å². The fourth-order valence-corrected chi connectivity index (χ4v) is 2.58. The van der Waals surface area contributed by atoms with Gasteiger partial charge in [0.05, 0.1) is 6.61 Å². The largest absolute Gasteiger partial charge is 0.465 e. The molecule has 1 N–H and O–H groups in total. The van der Waals surface area contributed by atoms with E-state index in [2.05, 4.69) is 27.2 Å². The minimum Gasteiger partial charge on any atom is -0.465 e. The molecule has 2 aromatic carbocycles. The monoisotopic (exact) mass is 420 g/mol. The number of hydrogen-bond acceptors (Lipinski definition) is 6. The first kappa shape index (κ1) is 23.0. The summed E-state index contributed by atoms with van der Waals surface area (Å²) in [6.45, 7) is 3.05. The Labute approximate surface area is 179 Å². The van der Waals surface area contributed by atoms with Gasteiger partial charge in [0.2, 0.25) is 6.10 Å². The van der Waals surface area contributed by atoms with Gasteiger partial charge in [-0.05, 0) is 37.1 Å². The van der Waals surface area contributed by atoms with Gasteiger partial charge in [-0.15, -0.1) is 0 Å². The second kappa shape index (κ2) is 11.7. The summed E-state index contributed by atoms with van der Waals surface area (Å²) in [7, 11) is 0. The van der Waals surface area contributed by atoms with Gasteiger partial charge in [0.15, 0.2) is 0 Å². The number of nitrogens with one attached hydrogen (secondary N) is 1. The summed E-state index contributed by atoms with van der Waals surface area (Å²) in [6.07, 6.45) is -1.49. The second-order valence-electron chi connectivity index (χ2n) is 6.13. The first-order valence-corrected chi connectivity index (χ1v) is 9.31. The van der Waals surface area contributed by atoms with Crippen LogP contribution >= 0.6 is 0 Å². The van der Waals surface area contributed by atoms with Crippen molar-refractivity contribution < 1.29 is 23.9 Å². The number of esters is 2. The van der Waals surface area contributed by atoms with Gasteiger partial charge in [-0.1, -0.05) is 47.4 Å². The third-order valence-electron chi connectivity index (χ3n) is 3.95. The zero-order chi connectivity index (χ0) is 22.6. The Bertz CT molecular complexity index is 1070. The topological polar surface area (TPSA) is 130 Å². The zero-order valence-electron chi connectivity index (χ0n) is 17.0. The molecule has 0 aliphatic rings. The molecule has 0 heterocycles. The summed E-state index contributed by atoms with van der Waals surface area (Å²) in [5.74, 6) is 2.56. The van der Waals surface area contributed by atoms with Crippen molar-refractivity contribution in [3.8, 4) is 11.8 Å². The fraction of sp³-hybridized carbons (Fsp3) is 0.227. The van der Waals surface area contributed by atoms with Crippen LogP contribution in [0.5, 0.6) is 0 Å². The van der Waals surface area contributed by atoms with Crippen LogP contribution in [0.4, 0.5) is 5.69 Å². The van der Waals surface area contributed by atoms with Crippen LogP contribution in [-0.2, 0) is 23.9 Å². The number of aryl methyl sites for hydroxylation is 1. The molecule has 0 aliphatic carbocycles. The van der Waals surface area contributed by atoms with Crippen molar-refractivity contribution in [1.82, 2.24) is 5.32 Å². The quantitative estimate of drug-likeness (QED) is 0.241. The minimum absolute atomic E-state index is 0.144. The van der Waals surface area contributed by atoms with E-state index >= 15 is 0 Å². The maximum absolute atomic E-state index is 12.8. The van der Waals surface area contributed by atoms with E-state index in [1.807, 2.05) is 6.07 Å². The lowest BCUT2D eigenvalue weighted by atomic mass is 10.0. The Morgan fingerprint density at radius 3 is 2.58 bits per heavy atom. The summed E-state index contributed by atoms with van der Waals surface area (Å²) >= 11 is 0. The molecule has 1 atom stereocenters. The van der Waals surface area contributed by atoms with E-state index in [0.29, 0.717) is 11.1 Å². The van der Waals surface area contributed by atoms with Crippen molar-refractivity contribution in [2.45, 2.75) is 20.0 Å². The van der Waals surface area contributed by atoms with Crippen molar-refractivity contribution in [1.29, 1.82) is 0 Å². The van der Waals surface area contributed by atoms with Crippen molar-refractivity contribution in [3.05, 3.63) is 75.7 Å². The lowest BCUT2D eigenvalue weighted by Crippen LogP contribution is -2.36. The molecule has 1 unspecified atom stereocenters. The number of nitrogens with zero attached hydrogens (tertiary/aromatic N) is 3. The highest BCUT2D eigenvalue weighted by atomic mass is 16.5. The molecule has 0 radical (unpaired) electrons. The maximum atomic E-state index is 12.8. The molecule has 0 spiro atoms. The van der Waals surface area contributed by atoms with Crippen LogP contribution in [0.1, 0.15) is 29.7 Å². The number of rotatable bonds is 7. The molecule has 0 fully saturated rings. The molecule has 0 saturated carbocycles. The van der Waals surface area contributed by atoms with E-state index in [4.69, 9.17) is 15.0 Å². The minimum atomic E-state index is -1.49. The van der Waals surface area contributed by atoms with E-state index in [1.165, 1.54) is 6.07 Å². The smallest absolute Gasteiger partial charge is 0.385 e. The van der Waals surface area contributed by atoms with E-state index in [0.717, 1.165) is 0 Å². The van der Waals surface area contributed by atoms with Gasteiger partial charge in [0.25, 0.3) is 5.91 Å². The number of carbonyl (C=O) groups is 3. The van der Waals surface area contributed by atoms with E-state index in [1.54, 1.807) is 50.2 Å². The number of amides is 1. The standard InChI is InChI=1S/C22H20N4O5/c1-3-30-19(28)14-24-22(29)21(17-11-7-8-15(2)20(17)25-26-23)31-18(27)13-12-16-9-5-4-6-10-16/h4-11,21H,3,14H2,1-2H3,(H,24,29). The van der Waals surface area contributed by atoms with Crippen molar-refractivity contribution >= 4 is 23.5 Å². The highest BCUT2D eigenvalue weighted by molar-refractivity contribution is 5.94. The first-order valence-electron chi connectivity index (χ1n) is 9.31. The molecule has 0 aromatic heterocycles. The maximum Gasteiger partial charge on any atom is 0.385 e. The van der Waals surface area contributed by atoms with E-state index in [9.17, 15) is 14.4 Å². The Kier molecular flexibility index (Phi) is 8.65. The number of carbonyl (C=O) groups excluding carboxylic acids is 3. The van der Waals surface area contributed by atoms with Crippen LogP contribution in [0.25, 0.3) is 10.4 Å². The van der Waals surface area contributed by atoms with Crippen LogP contribution in [-0.4, -0.2) is 31.0 Å². The number of benzene rings is 2. The van der Waals surface area contributed by atoms with Gasteiger partial charge in [0.1, 0.15) is 6.54 Å². The summed E-state index contributed by atoms with van der Waals surface area (Å²) in [5, 5.41) is 5.98. The molecule has 0 aliphatic heterocycles. The second-order valence-corrected chi connectivity index (χ2v) is 6.13. The Balaban J connectivity index is 2.32. The van der Waals surface area contributed by atoms with Crippen molar-refractivity contribution in [2.75, 3.05) is 13.2 Å². The Hall–Kier alpha value is -4.28. The molecule has 31 heavy (non-hydrogen) atoms. The van der Waals surface area contributed by atoms with Gasteiger partial charge in [-0.3, -0.25) is 9.59 Å². The van der Waals surface area contributed by atoms with Crippen LogP contribution in [0.2, 0.25) is 0 Å². The lowest BCUT2D eigenvalue weighted by molar-refractivity contribution is -0.152. The zero-order valence-corrected chi connectivity index (χ0v) is 17.0. The summed E-state index contributed by atoms with van der Waals surface area (Å²) in [5.41, 5.74) is 10.4. The highest BCUT2D eigenvalue weighted by Crippen LogP contribution is 2.31. The van der Waals surface area contributed by atoms with Crippen LogP contribution in [0.15, 0.2) is 53.6 Å². The molecule has 0 saturated heterocycles. The van der Waals surface area contributed by atoms with Crippen LogP contribution in [0, 0.1) is 18.8 Å². The van der Waals surface area contributed by atoms with Crippen molar-refractivity contribution in [3.63, 3.8) is 0 Å². The molecule has 9 heteroatoms. The van der Waals surface area contributed by atoms with Gasteiger partial charge < -0.3 is 14.8 Å². The Morgan fingerprint density at radius 2 is 1.90 bits per heavy atom. The van der Waals surface area contributed by atoms with Gasteiger partial charge in [0, 0.05) is 27.6 Å². The average molecular weight is 420 g/mol. The number of hydrogen-bond donors (Lipinski definition) is 1. The van der Waals surface area contributed by atoms with Crippen LogP contribution < -0.4 is 5.32 Å². The van der Waals surface area contributed by atoms with E-state index in [-0.39, 0.29) is 17.9 Å². The fourth-order valence-electron chi connectivity index (χ4n) is 2.58. The molecule has 0 bridgehead atoms. The van der Waals surface area contributed by atoms with Gasteiger partial charge in [-0.25, -0.2) is 4.79 Å². The average Bonchev–Trinajstić information content (AvgIpc) is 2.77. The molecule has 158 valence electrons. The number of azide groups is 1. The predicted octanol–water partition coefficient (Wildman–Crippen LogP) is 3.25. The molecule has 9 nitrogen and oxygen atoms in total. The van der Waals surface area contributed by atoms with E-state index < -0.39 is 30.5 Å². The molecule has 2 rings (SSSR count). The third-order valence-corrected chi connectivity index (χ3v) is 3.95.